The van der Waals surface area contributed by atoms with Gasteiger partial charge in [0.2, 0.25) is 0 Å². The summed E-state index contributed by atoms with van der Waals surface area (Å²) in [5, 5.41) is 7.87. The predicted molar refractivity (Wildman–Crippen MR) is 95.1 cm³/mol. The molecule has 2 aromatic rings. The molecule has 0 atom stereocenters. The highest BCUT2D eigenvalue weighted by molar-refractivity contribution is 7.14. The maximum absolute atomic E-state index is 12.2. The van der Waals surface area contributed by atoms with E-state index in [1.54, 1.807) is 18.2 Å². The van der Waals surface area contributed by atoms with Gasteiger partial charge in [0.05, 0.1) is 24.8 Å². The second kappa shape index (κ2) is 7.94. The van der Waals surface area contributed by atoms with Crippen LogP contribution in [-0.2, 0) is 4.74 Å². The van der Waals surface area contributed by atoms with Gasteiger partial charge in [0, 0.05) is 24.3 Å². The molecule has 0 aliphatic carbocycles. The molecule has 2 N–H and O–H groups in total. The van der Waals surface area contributed by atoms with Crippen molar-refractivity contribution in [3.05, 3.63) is 47.3 Å². The topological polar surface area (TPSA) is 70.7 Å². The van der Waals surface area contributed by atoms with E-state index in [9.17, 15) is 9.59 Å². The van der Waals surface area contributed by atoms with E-state index in [2.05, 4.69) is 15.5 Å². The summed E-state index contributed by atoms with van der Waals surface area (Å²) in [5.74, 6) is -0.121. The molecule has 0 radical (unpaired) electrons. The summed E-state index contributed by atoms with van der Waals surface area (Å²) in [5.41, 5.74) is 1.67. The van der Waals surface area contributed by atoms with E-state index in [-0.39, 0.29) is 18.4 Å². The van der Waals surface area contributed by atoms with E-state index in [1.165, 1.54) is 11.3 Å². The summed E-state index contributed by atoms with van der Waals surface area (Å²) in [6.07, 6.45) is 0. The van der Waals surface area contributed by atoms with Crippen LogP contribution in [0.25, 0.3) is 0 Å². The van der Waals surface area contributed by atoms with Gasteiger partial charge in [-0.05, 0) is 41.8 Å². The third-order valence-corrected chi connectivity index (χ3v) is 4.52. The molecule has 1 aromatic heterocycles. The van der Waals surface area contributed by atoms with Crippen molar-refractivity contribution < 1.29 is 14.3 Å². The Balaban J connectivity index is 1.50. The Hall–Kier alpha value is -2.38. The highest BCUT2D eigenvalue weighted by atomic mass is 32.1. The number of thiophene rings is 1. The number of urea groups is 1. The van der Waals surface area contributed by atoms with Crippen molar-refractivity contribution in [2.24, 2.45) is 0 Å². The quantitative estimate of drug-likeness (QED) is 0.817. The van der Waals surface area contributed by atoms with Crippen molar-refractivity contribution in [1.29, 1.82) is 0 Å². The van der Waals surface area contributed by atoms with Gasteiger partial charge in [0.15, 0.2) is 5.78 Å². The molecule has 3 rings (SSSR count). The van der Waals surface area contributed by atoms with Crippen molar-refractivity contribution in [3.8, 4) is 0 Å². The van der Waals surface area contributed by atoms with E-state index in [0.29, 0.717) is 5.56 Å². The maximum atomic E-state index is 12.2. The number of anilines is 2. The number of nitrogens with one attached hydrogen (secondary N) is 2. The smallest absolute Gasteiger partial charge is 0.320 e. The predicted octanol–water partition coefficient (Wildman–Crippen LogP) is 2.59. The molecule has 1 aliphatic rings. The highest BCUT2D eigenvalue weighted by Crippen LogP contribution is 2.17. The molecule has 7 heteroatoms. The number of carbonyl (C=O) groups excluding carboxylic acids is 2. The Morgan fingerprint density at radius 1 is 1.12 bits per heavy atom. The average molecular weight is 345 g/mol. The summed E-state index contributed by atoms with van der Waals surface area (Å²) in [4.78, 5) is 26.1. The van der Waals surface area contributed by atoms with E-state index in [4.69, 9.17) is 4.74 Å². The molecule has 0 spiro atoms. The van der Waals surface area contributed by atoms with Crippen molar-refractivity contribution in [1.82, 2.24) is 5.32 Å². The van der Waals surface area contributed by atoms with Gasteiger partial charge in [0.25, 0.3) is 0 Å². The Morgan fingerprint density at radius 3 is 2.54 bits per heavy atom. The molecular weight excluding hydrogens is 326 g/mol. The zero-order chi connectivity index (χ0) is 16.8. The minimum Gasteiger partial charge on any atom is -0.378 e. The van der Waals surface area contributed by atoms with Crippen molar-refractivity contribution in [2.75, 3.05) is 43.1 Å². The van der Waals surface area contributed by atoms with Gasteiger partial charge in [-0.3, -0.25) is 10.1 Å². The molecule has 6 nitrogen and oxygen atoms in total. The van der Waals surface area contributed by atoms with Crippen LogP contribution in [-0.4, -0.2) is 44.7 Å². The lowest BCUT2D eigenvalue weighted by molar-refractivity contribution is 0.0993. The minimum absolute atomic E-state index is 0.0336. The van der Waals surface area contributed by atoms with E-state index in [0.717, 1.165) is 37.0 Å². The lowest BCUT2D eigenvalue weighted by Gasteiger charge is -2.28. The highest BCUT2D eigenvalue weighted by Gasteiger charge is 2.13. The molecule has 126 valence electrons. The average Bonchev–Trinajstić information content (AvgIpc) is 3.13. The Bertz CT molecular complexity index is 680. The SMILES string of the molecule is O=C(NCC(=O)c1ccc(N2CCOCC2)cc1)Nc1cccs1. The van der Waals surface area contributed by atoms with Gasteiger partial charge in [-0.25, -0.2) is 4.79 Å². The van der Waals surface area contributed by atoms with Crippen LogP contribution >= 0.6 is 11.3 Å². The fourth-order valence-electron chi connectivity index (χ4n) is 2.45. The van der Waals surface area contributed by atoms with Crippen LogP contribution in [0.15, 0.2) is 41.8 Å². The van der Waals surface area contributed by atoms with Crippen molar-refractivity contribution in [3.63, 3.8) is 0 Å². The zero-order valence-corrected chi connectivity index (χ0v) is 14.0. The Kier molecular flexibility index (Phi) is 5.45. The van der Waals surface area contributed by atoms with Gasteiger partial charge in [0.1, 0.15) is 0 Å². The first kappa shape index (κ1) is 16.5. The molecule has 2 heterocycles. The number of morpholine rings is 1. The number of hydrogen-bond donors (Lipinski definition) is 2. The van der Waals surface area contributed by atoms with Gasteiger partial charge < -0.3 is 15.0 Å². The summed E-state index contributed by atoms with van der Waals surface area (Å²) in [7, 11) is 0. The van der Waals surface area contributed by atoms with Crippen LogP contribution in [0.5, 0.6) is 0 Å². The number of benzene rings is 1. The molecule has 1 saturated heterocycles. The zero-order valence-electron chi connectivity index (χ0n) is 13.2. The number of hydrogen-bond acceptors (Lipinski definition) is 5. The van der Waals surface area contributed by atoms with Crippen LogP contribution in [0.1, 0.15) is 10.4 Å². The van der Waals surface area contributed by atoms with Crippen LogP contribution in [0.2, 0.25) is 0 Å². The van der Waals surface area contributed by atoms with Gasteiger partial charge >= 0.3 is 6.03 Å². The van der Waals surface area contributed by atoms with Crippen LogP contribution in [0, 0.1) is 0 Å². The Labute approximate surface area is 144 Å². The number of carbonyl (C=O) groups is 2. The summed E-state index contributed by atoms with van der Waals surface area (Å²) in [6, 6.07) is 10.7. The van der Waals surface area contributed by atoms with E-state index >= 15 is 0 Å². The first-order chi connectivity index (χ1) is 11.7. The number of rotatable bonds is 5. The standard InChI is InChI=1S/C17H19N3O3S/c21-15(12-18-17(22)19-16-2-1-11-24-16)13-3-5-14(6-4-13)20-7-9-23-10-8-20/h1-6,11H,7-10,12H2,(H2,18,19,22). The third kappa shape index (κ3) is 4.33. The number of Topliss-reactive ketones (excluding diaryl/α,β-unsaturated/α-hetero) is 1. The summed E-state index contributed by atoms with van der Waals surface area (Å²) in [6.45, 7) is 3.14. The molecule has 24 heavy (non-hydrogen) atoms. The molecule has 0 bridgehead atoms. The molecule has 1 fully saturated rings. The van der Waals surface area contributed by atoms with Crippen molar-refractivity contribution in [2.45, 2.75) is 0 Å². The van der Waals surface area contributed by atoms with E-state index < -0.39 is 0 Å². The Morgan fingerprint density at radius 2 is 1.88 bits per heavy atom. The fourth-order valence-corrected chi connectivity index (χ4v) is 3.06. The second-order valence-electron chi connectivity index (χ2n) is 5.35. The third-order valence-electron chi connectivity index (χ3n) is 3.73. The largest absolute Gasteiger partial charge is 0.378 e. The molecule has 2 amide bonds. The lowest BCUT2D eigenvalue weighted by Crippen LogP contribution is -2.36. The summed E-state index contributed by atoms with van der Waals surface area (Å²) >= 11 is 1.43. The fraction of sp³-hybridized carbons (Fsp3) is 0.294. The van der Waals surface area contributed by atoms with Crippen molar-refractivity contribution >= 4 is 33.8 Å². The first-order valence-electron chi connectivity index (χ1n) is 7.77. The monoisotopic (exact) mass is 345 g/mol. The van der Waals surface area contributed by atoms with Crippen LogP contribution < -0.4 is 15.5 Å². The van der Waals surface area contributed by atoms with Gasteiger partial charge in [-0.15, -0.1) is 11.3 Å². The number of ether oxygens (including phenoxy) is 1. The van der Waals surface area contributed by atoms with Gasteiger partial charge in [-0.1, -0.05) is 0 Å². The van der Waals surface area contributed by atoms with Crippen LogP contribution in [0.4, 0.5) is 15.5 Å². The molecule has 1 aromatic carbocycles. The molecular formula is C17H19N3O3S. The van der Waals surface area contributed by atoms with E-state index in [1.807, 2.05) is 23.6 Å². The number of nitrogens with zero attached hydrogens (tertiary/aromatic N) is 1. The minimum atomic E-state index is -0.379. The molecule has 0 unspecified atom stereocenters. The summed E-state index contributed by atoms with van der Waals surface area (Å²) < 4.78 is 5.33. The lowest BCUT2D eigenvalue weighted by atomic mass is 10.1. The molecule has 0 saturated carbocycles. The normalized spacial score (nSPS) is 14.2. The number of ketones is 1. The van der Waals surface area contributed by atoms with Crippen LogP contribution in [0.3, 0.4) is 0 Å². The first-order valence-corrected chi connectivity index (χ1v) is 8.64. The molecule has 1 aliphatic heterocycles. The second-order valence-corrected chi connectivity index (χ2v) is 6.30. The van der Waals surface area contributed by atoms with Gasteiger partial charge in [-0.2, -0.15) is 0 Å². The number of amides is 2. The maximum Gasteiger partial charge on any atom is 0.320 e.